The Morgan fingerprint density at radius 2 is 2.15 bits per heavy atom. The van der Waals surface area contributed by atoms with Crippen LogP contribution < -0.4 is 10.6 Å². The standard InChI is InChI=1S/C10H9NO2/c1-10(9(12)13)6-7-4-2-3-5-8(7)11-10/h2-6H,1H3,(H,12,13). The molecule has 1 aliphatic rings. The second-order valence-electron chi connectivity index (χ2n) is 3.27. The summed E-state index contributed by atoms with van der Waals surface area (Å²) in [4.78, 5) is 15.0. The van der Waals surface area contributed by atoms with Crippen molar-refractivity contribution in [2.45, 2.75) is 12.5 Å². The monoisotopic (exact) mass is 175 g/mol. The van der Waals surface area contributed by atoms with Gasteiger partial charge in [0.2, 0.25) is 0 Å². The summed E-state index contributed by atoms with van der Waals surface area (Å²) in [6.07, 6.45) is 1.67. The third-order valence-electron chi connectivity index (χ3n) is 2.16. The number of carboxylic acid groups (broad SMARTS) is 1. The number of carbonyl (C=O) groups is 1. The maximum absolute atomic E-state index is 10.9. The zero-order valence-corrected chi connectivity index (χ0v) is 7.19. The Kier molecular flexibility index (Phi) is 1.49. The van der Waals surface area contributed by atoms with Gasteiger partial charge in [-0.25, -0.2) is 4.79 Å². The summed E-state index contributed by atoms with van der Waals surface area (Å²) < 4.78 is 0. The zero-order valence-electron chi connectivity index (χ0n) is 7.19. The smallest absolute Gasteiger partial charge is 0.335 e. The minimum atomic E-state index is -1.08. The first kappa shape index (κ1) is 7.98. The maximum atomic E-state index is 10.9. The molecular weight excluding hydrogens is 166 g/mol. The van der Waals surface area contributed by atoms with Crippen LogP contribution in [0.25, 0.3) is 6.08 Å². The number of nitrogens with zero attached hydrogens (tertiary/aromatic N) is 1. The van der Waals surface area contributed by atoms with E-state index in [9.17, 15) is 4.79 Å². The quantitative estimate of drug-likeness (QED) is 0.650. The molecule has 13 heavy (non-hydrogen) atoms. The lowest BCUT2D eigenvalue weighted by Gasteiger charge is -2.10. The summed E-state index contributed by atoms with van der Waals surface area (Å²) in [6.45, 7) is 1.59. The van der Waals surface area contributed by atoms with Gasteiger partial charge in [0.25, 0.3) is 0 Å². The Balaban J connectivity index is 2.70. The summed E-state index contributed by atoms with van der Waals surface area (Å²) in [7, 11) is 0. The lowest BCUT2D eigenvalue weighted by molar-refractivity contribution is -0.140. The Hall–Kier alpha value is -1.64. The third kappa shape index (κ3) is 1.13. The van der Waals surface area contributed by atoms with Gasteiger partial charge in [-0.15, -0.1) is 0 Å². The molecule has 0 amide bonds. The van der Waals surface area contributed by atoms with Gasteiger partial charge in [0, 0.05) is 0 Å². The van der Waals surface area contributed by atoms with Crippen molar-refractivity contribution in [3.8, 4) is 0 Å². The molecule has 0 fully saturated rings. The van der Waals surface area contributed by atoms with E-state index < -0.39 is 11.5 Å². The lowest BCUT2D eigenvalue weighted by Crippen LogP contribution is -2.29. The van der Waals surface area contributed by atoms with Crippen LogP contribution in [0.4, 0.5) is 0 Å². The van der Waals surface area contributed by atoms with E-state index in [2.05, 4.69) is 4.99 Å². The first-order valence-corrected chi connectivity index (χ1v) is 4.03. The minimum Gasteiger partial charge on any atom is -0.479 e. The van der Waals surface area contributed by atoms with E-state index in [1.165, 1.54) is 0 Å². The average Bonchev–Trinajstić information content (AvgIpc) is 2.42. The first-order valence-electron chi connectivity index (χ1n) is 4.03. The Labute approximate surface area is 75.0 Å². The summed E-state index contributed by atoms with van der Waals surface area (Å²) in [5, 5.41) is 10.6. The van der Waals surface area contributed by atoms with Crippen LogP contribution in [0.3, 0.4) is 0 Å². The molecule has 0 aromatic heterocycles. The van der Waals surface area contributed by atoms with E-state index in [4.69, 9.17) is 5.11 Å². The van der Waals surface area contributed by atoms with Crippen molar-refractivity contribution in [2.24, 2.45) is 4.99 Å². The van der Waals surface area contributed by atoms with E-state index >= 15 is 0 Å². The molecule has 3 heteroatoms. The molecule has 0 saturated heterocycles. The lowest BCUT2D eigenvalue weighted by atomic mass is 10.0. The van der Waals surface area contributed by atoms with Crippen LogP contribution in [0.2, 0.25) is 0 Å². The molecule has 1 N–H and O–H groups in total. The molecular formula is C10H9NO2. The number of fused-ring (bicyclic) bond motifs is 1. The van der Waals surface area contributed by atoms with Crippen molar-refractivity contribution in [3.05, 3.63) is 34.8 Å². The summed E-state index contributed by atoms with van der Waals surface area (Å²) in [5.74, 6) is -0.913. The van der Waals surface area contributed by atoms with Crippen LogP contribution in [0, 0.1) is 0 Å². The van der Waals surface area contributed by atoms with E-state index in [0.717, 1.165) is 10.6 Å². The van der Waals surface area contributed by atoms with Crippen molar-refractivity contribution in [3.63, 3.8) is 0 Å². The highest BCUT2D eigenvalue weighted by atomic mass is 16.4. The van der Waals surface area contributed by atoms with Crippen LogP contribution in [0.1, 0.15) is 6.92 Å². The predicted octanol–water partition coefficient (Wildman–Crippen LogP) is -0.0564. The summed E-state index contributed by atoms with van der Waals surface area (Å²) in [5.41, 5.74) is -1.08. The molecule has 1 aromatic rings. The molecule has 1 atom stereocenters. The predicted molar refractivity (Wildman–Crippen MR) is 47.7 cm³/mol. The molecule has 1 heterocycles. The SMILES string of the molecule is CC1(C(=O)O)C=c2ccccc2=N1. The van der Waals surface area contributed by atoms with Gasteiger partial charge in [-0.1, -0.05) is 18.2 Å². The number of benzene rings is 1. The summed E-state index contributed by atoms with van der Waals surface area (Å²) >= 11 is 0. The Morgan fingerprint density at radius 3 is 2.77 bits per heavy atom. The number of aliphatic carboxylic acids is 1. The second-order valence-corrected chi connectivity index (χ2v) is 3.27. The molecule has 1 unspecified atom stereocenters. The largest absolute Gasteiger partial charge is 0.479 e. The van der Waals surface area contributed by atoms with E-state index in [1.807, 2.05) is 24.3 Å². The Bertz CT molecular complexity index is 441. The maximum Gasteiger partial charge on any atom is 0.335 e. The first-order chi connectivity index (χ1) is 6.12. The number of carboxylic acids is 1. The molecule has 66 valence electrons. The van der Waals surface area contributed by atoms with Crippen molar-refractivity contribution < 1.29 is 9.90 Å². The highest BCUT2D eigenvalue weighted by Crippen LogP contribution is 2.13. The topological polar surface area (TPSA) is 49.7 Å². The van der Waals surface area contributed by atoms with Crippen LogP contribution in [-0.2, 0) is 4.79 Å². The van der Waals surface area contributed by atoms with Crippen LogP contribution in [-0.4, -0.2) is 16.6 Å². The molecule has 0 saturated carbocycles. The van der Waals surface area contributed by atoms with Gasteiger partial charge in [0.15, 0.2) is 5.54 Å². The fourth-order valence-electron chi connectivity index (χ4n) is 1.41. The van der Waals surface area contributed by atoms with Crippen LogP contribution in [0.5, 0.6) is 0 Å². The van der Waals surface area contributed by atoms with Crippen molar-refractivity contribution in [2.75, 3.05) is 0 Å². The third-order valence-corrected chi connectivity index (χ3v) is 2.16. The van der Waals surface area contributed by atoms with E-state index in [1.54, 1.807) is 13.0 Å². The van der Waals surface area contributed by atoms with Crippen LogP contribution in [0.15, 0.2) is 29.3 Å². The molecule has 0 spiro atoms. The van der Waals surface area contributed by atoms with Crippen molar-refractivity contribution in [1.82, 2.24) is 0 Å². The molecule has 2 rings (SSSR count). The fourth-order valence-corrected chi connectivity index (χ4v) is 1.41. The second kappa shape index (κ2) is 2.42. The van der Waals surface area contributed by atoms with Crippen molar-refractivity contribution in [1.29, 1.82) is 0 Å². The zero-order chi connectivity index (χ0) is 9.47. The fraction of sp³-hybridized carbons (Fsp3) is 0.200. The highest BCUT2D eigenvalue weighted by molar-refractivity contribution is 5.87. The molecule has 0 bridgehead atoms. The molecule has 1 aliphatic heterocycles. The molecule has 3 nitrogen and oxygen atoms in total. The minimum absolute atomic E-state index is 0.757. The van der Waals surface area contributed by atoms with E-state index in [0.29, 0.717) is 0 Å². The average molecular weight is 175 g/mol. The highest BCUT2D eigenvalue weighted by Gasteiger charge is 2.31. The molecule has 0 aliphatic carbocycles. The van der Waals surface area contributed by atoms with Gasteiger partial charge in [0.1, 0.15) is 0 Å². The molecule has 0 radical (unpaired) electrons. The number of hydrogen-bond acceptors (Lipinski definition) is 2. The number of hydrogen-bond donors (Lipinski definition) is 1. The Morgan fingerprint density at radius 1 is 1.46 bits per heavy atom. The number of rotatable bonds is 1. The van der Waals surface area contributed by atoms with Gasteiger partial charge < -0.3 is 5.11 Å². The molecule has 1 aromatic carbocycles. The van der Waals surface area contributed by atoms with Gasteiger partial charge in [-0.05, 0) is 24.3 Å². The van der Waals surface area contributed by atoms with Gasteiger partial charge in [-0.3, -0.25) is 4.99 Å². The van der Waals surface area contributed by atoms with E-state index in [-0.39, 0.29) is 0 Å². The van der Waals surface area contributed by atoms with Crippen LogP contribution >= 0.6 is 0 Å². The van der Waals surface area contributed by atoms with Gasteiger partial charge in [-0.2, -0.15) is 0 Å². The summed E-state index contributed by atoms with van der Waals surface area (Å²) in [6, 6.07) is 7.41. The normalized spacial score (nSPS) is 24.4. The van der Waals surface area contributed by atoms with Gasteiger partial charge >= 0.3 is 5.97 Å². The van der Waals surface area contributed by atoms with Gasteiger partial charge in [0.05, 0.1) is 5.36 Å². The van der Waals surface area contributed by atoms with Crippen molar-refractivity contribution >= 4 is 12.0 Å². The number of para-hydroxylation sites is 1.